The predicted molar refractivity (Wildman–Crippen MR) is 125 cm³/mol. The third-order valence-electron chi connectivity index (χ3n) is 6.04. The van der Waals surface area contributed by atoms with Gasteiger partial charge < -0.3 is 19.4 Å². The first-order valence-electron chi connectivity index (χ1n) is 10.8. The van der Waals surface area contributed by atoms with Crippen LogP contribution >= 0.6 is 11.6 Å². The lowest BCUT2D eigenvalue weighted by atomic mass is 10.1. The summed E-state index contributed by atoms with van der Waals surface area (Å²) in [5.41, 5.74) is 4.13. The van der Waals surface area contributed by atoms with Crippen LogP contribution in [-0.4, -0.2) is 42.5 Å². The SMILES string of the molecule is Cc1cccc(NC(=O)CN(CC2CCCO2)C(=O)c2oc3ccc(Cl)cc3c2C)c1C. The highest BCUT2D eigenvalue weighted by Gasteiger charge is 2.29. The van der Waals surface area contributed by atoms with Gasteiger partial charge in [-0.05, 0) is 69.0 Å². The van der Waals surface area contributed by atoms with Crippen LogP contribution in [0.3, 0.4) is 0 Å². The highest BCUT2D eigenvalue weighted by molar-refractivity contribution is 6.31. The number of carbonyl (C=O) groups is 2. The molecule has 4 rings (SSSR count). The Bertz CT molecular complexity index is 1160. The van der Waals surface area contributed by atoms with E-state index in [1.807, 2.05) is 39.0 Å². The molecule has 2 heterocycles. The second-order valence-electron chi connectivity index (χ2n) is 8.31. The minimum atomic E-state index is -0.332. The summed E-state index contributed by atoms with van der Waals surface area (Å²) in [7, 11) is 0. The van der Waals surface area contributed by atoms with Crippen LogP contribution in [0.5, 0.6) is 0 Å². The fraction of sp³-hybridized carbons (Fsp3) is 0.360. The molecule has 1 saturated heterocycles. The van der Waals surface area contributed by atoms with Crippen LogP contribution in [0.25, 0.3) is 11.0 Å². The van der Waals surface area contributed by atoms with Crippen LogP contribution in [0.4, 0.5) is 5.69 Å². The number of anilines is 1. The first-order valence-corrected chi connectivity index (χ1v) is 11.2. The highest BCUT2D eigenvalue weighted by atomic mass is 35.5. The molecule has 7 heteroatoms. The van der Waals surface area contributed by atoms with Crippen molar-refractivity contribution in [2.45, 2.75) is 39.7 Å². The molecule has 2 aromatic carbocycles. The van der Waals surface area contributed by atoms with Gasteiger partial charge in [-0.25, -0.2) is 0 Å². The zero-order valence-electron chi connectivity index (χ0n) is 18.5. The van der Waals surface area contributed by atoms with Crippen molar-refractivity contribution in [2.75, 3.05) is 25.0 Å². The molecule has 1 N–H and O–H groups in total. The normalized spacial score (nSPS) is 15.8. The lowest BCUT2D eigenvalue weighted by Crippen LogP contribution is -2.42. The van der Waals surface area contributed by atoms with Crippen LogP contribution in [0.15, 0.2) is 40.8 Å². The largest absolute Gasteiger partial charge is 0.451 e. The Morgan fingerprint density at radius 1 is 1.16 bits per heavy atom. The Morgan fingerprint density at radius 2 is 1.97 bits per heavy atom. The van der Waals surface area contributed by atoms with Gasteiger partial charge in [0.2, 0.25) is 5.91 Å². The van der Waals surface area contributed by atoms with Crippen LogP contribution < -0.4 is 5.32 Å². The van der Waals surface area contributed by atoms with Crippen molar-refractivity contribution >= 4 is 40.1 Å². The number of hydrogen-bond donors (Lipinski definition) is 1. The maximum atomic E-state index is 13.5. The fourth-order valence-corrected chi connectivity index (χ4v) is 4.22. The standard InChI is InChI=1S/C25H27ClN2O4/c1-15-6-4-8-21(16(15)2)27-23(29)14-28(13-19-7-5-11-31-19)25(30)24-17(3)20-12-18(26)9-10-22(20)32-24/h4,6,8-10,12,19H,5,7,11,13-14H2,1-3H3,(H,27,29). The van der Waals surface area contributed by atoms with Crippen molar-refractivity contribution in [1.29, 1.82) is 0 Å². The number of benzene rings is 2. The number of hydrogen-bond acceptors (Lipinski definition) is 4. The maximum Gasteiger partial charge on any atom is 0.290 e. The van der Waals surface area contributed by atoms with Gasteiger partial charge in [0.05, 0.1) is 6.10 Å². The first kappa shape index (κ1) is 22.4. The second kappa shape index (κ2) is 9.35. The van der Waals surface area contributed by atoms with Gasteiger partial charge in [0.25, 0.3) is 5.91 Å². The van der Waals surface area contributed by atoms with E-state index in [4.69, 9.17) is 20.8 Å². The summed E-state index contributed by atoms with van der Waals surface area (Å²) in [6.45, 7) is 6.69. The summed E-state index contributed by atoms with van der Waals surface area (Å²) in [5, 5.41) is 4.30. The summed E-state index contributed by atoms with van der Waals surface area (Å²) in [5.74, 6) is -0.372. The lowest BCUT2D eigenvalue weighted by molar-refractivity contribution is -0.117. The van der Waals surface area contributed by atoms with Gasteiger partial charge in [0.1, 0.15) is 12.1 Å². The third kappa shape index (κ3) is 4.66. The molecule has 1 fully saturated rings. The number of amides is 2. The minimum Gasteiger partial charge on any atom is -0.451 e. The maximum absolute atomic E-state index is 13.5. The zero-order valence-corrected chi connectivity index (χ0v) is 19.3. The molecule has 32 heavy (non-hydrogen) atoms. The molecule has 1 aliphatic heterocycles. The Balaban J connectivity index is 1.58. The van der Waals surface area contributed by atoms with Gasteiger partial charge in [-0.15, -0.1) is 0 Å². The van der Waals surface area contributed by atoms with Gasteiger partial charge in [0, 0.05) is 34.8 Å². The van der Waals surface area contributed by atoms with E-state index >= 15 is 0 Å². The van der Waals surface area contributed by atoms with Crippen molar-refractivity contribution < 1.29 is 18.7 Å². The fourth-order valence-electron chi connectivity index (χ4n) is 4.04. The molecular formula is C25H27ClN2O4. The molecule has 2 amide bonds. The predicted octanol–water partition coefficient (Wildman–Crippen LogP) is 5.27. The van der Waals surface area contributed by atoms with Crippen LogP contribution in [0.2, 0.25) is 5.02 Å². The van der Waals surface area contributed by atoms with Gasteiger partial charge in [-0.1, -0.05) is 23.7 Å². The molecule has 0 radical (unpaired) electrons. The van der Waals surface area contributed by atoms with E-state index in [1.54, 1.807) is 18.2 Å². The number of fused-ring (bicyclic) bond motifs is 1. The number of furan rings is 1. The highest BCUT2D eigenvalue weighted by Crippen LogP contribution is 2.29. The monoisotopic (exact) mass is 454 g/mol. The summed E-state index contributed by atoms with van der Waals surface area (Å²) in [6.07, 6.45) is 1.72. The smallest absolute Gasteiger partial charge is 0.290 e. The van der Waals surface area contributed by atoms with Crippen molar-refractivity contribution in [2.24, 2.45) is 0 Å². The number of carbonyl (C=O) groups excluding carboxylic acids is 2. The second-order valence-corrected chi connectivity index (χ2v) is 8.75. The summed E-state index contributed by atoms with van der Waals surface area (Å²) in [4.78, 5) is 27.9. The van der Waals surface area contributed by atoms with Crippen molar-refractivity contribution in [3.8, 4) is 0 Å². The molecule has 3 aromatic rings. The third-order valence-corrected chi connectivity index (χ3v) is 6.28. The molecule has 168 valence electrons. The Labute approximate surface area is 192 Å². The van der Waals surface area contributed by atoms with Crippen LogP contribution in [0, 0.1) is 20.8 Å². The van der Waals surface area contributed by atoms with E-state index in [0.29, 0.717) is 29.3 Å². The molecule has 1 aromatic heterocycles. The molecular weight excluding hydrogens is 428 g/mol. The van der Waals surface area contributed by atoms with E-state index in [0.717, 1.165) is 35.0 Å². The molecule has 0 bridgehead atoms. The average Bonchev–Trinajstić information content (AvgIpc) is 3.38. The lowest BCUT2D eigenvalue weighted by Gasteiger charge is -2.24. The number of aryl methyl sites for hydroxylation is 2. The van der Waals surface area contributed by atoms with E-state index < -0.39 is 0 Å². The average molecular weight is 455 g/mol. The summed E-state index contributed by atoms with van der Waals surface area (Å²) >= 11 is 6.12. The van der Waals surface area contributed by atoms with Gasteiger partial charge in [0.15, 0.2) is 5.76 Å². The molecule has 0 saturated carbocycles. The zero-order chi connectivity index (χ0) is 22.8. The molecule has 0 aliphatic carbocycles. The van der Waals surface area contributed by atoms with E-state index in [1.165, 1.54) is 4.90 Å². The van der Waals surface area contributed by atoms with E-state index in [2.05, 4.69) is 5.32 Å². The van der Waals surface area contributed by atoms with Crippen molar-refractivity contribution in [3.05, 3.63) is 63.9 Å². The number of nitrogens with one attached hydrogen (secondary N) is 1. The van der Waals surface area contributed by atoms with Gasteiger partial charge in [-0.3, -0.25) is 9.59 Å². The number of rotatable bonds is 6. The summed E-state index contributed by atoms with van der Waals surface area (Å²) < 4.78 is 11.6. The molecule has 1 aliphatic rings. The minimum absolute atomic E-state index is 0.0911. The first-order chi connectivity index (χ1) is 15.3. The Hall–Kier alpha value is -2.83. The van der Waals surface area contributed by atoms with Crippen LogP contribution in [0.1, 0.15) is 40.1 Å². The number of nitrogens with zero attached hydrogens (tertiary/aromatic N) is 1. The topological polar surface area (TPSA) is 71.8 Å². The molecule has 1 unspecified atom stereocenters. The van der Waals surface area contributed by atoms with Crippen molar-refractivity contribution in [1.82, 2.24) is 4.90 Å². The Morgan fingerprint density at radius 3 is 2.72 bits per heavy atom. The number of halogens is 1. The van der Waals surface area contributed by atoms with E-state index in [-0.39, 0.29) is 30.2 Å². The van der Waals surface area contributed by atoms with Crippen molar-refractivity contribution in [3.63, 3.8) is 0 Å². The van der Waals surface area contributed by atoms with E-state index in [9.17, 15) is 9.59 Å². The molecule has 1 atom stereocenters. The Kier molecular flexibility index (Phi) is 6.53. The van der Waals surface area contributed by atoms with Gasteiger partial charge >= 0.3 is 0 Å². The van der Waals surface area contributed by atoms with Gasteiger partial charge in [-0.2, -0.15) is 0 Å². The quantitative estimate of drug-likeness (QED) is 0.550. The number of ether oxygens (including phenoxy) is 1. The summed E-state index contributed by atoms with van der Waals surface area (Å²) in [6, 6.07) is 11.0. The molecule has 0 spiro atoms. The van der Waals surface area contributed by atoms with Crippen LogP contribution in [-0.2, 0) is 9.53 Å². The molecule has 6 nitrogen and oxygen atoms in total.